The highest BCUT2D eigenvalue weighted by molar-refractivity contribution is 7.92. The smallest absolute Gasteiger partial charge is 0.263 e. The van der Waals surface area contributed by atoms with Crippen LogP contribution < -0.4 is 4.72 Å². The van der Waals surface area contributed by atoms with E-state index in [1.165, 1.54) is 18.4 Å². The topological polar surface area (TPSA) is 72.2 Å². The Bertz CT molecular complexity index is 751. The van der Waals surface area contributed by atoms with Gasteiger partial charge in [0.1, 0.15) is 12.1 Å². The first kappa shape index (κ1) is 13.1. The van der Waals surface area contributed by atoms with Crippen molar-refractivity contribution in [2.24, 2.45) is 0 Å². The van der Waals surface area contributed by atoms with Crippen molar-refractivity contribution in [2.45, 2.75) is 30.6 Å². The summed E-state index contributed by atoms with van der Waals surface area (Å²) in [5.41, 5.74) is 1.14. The molecule has 1 N–H and O–H groups in total. The van der Waals surface area contributed by atoms with Gasteiger partial charge in [0.15, 0.2) is 5.82 Å². The number of aryl methyl sites for hydroxylation is 1. The maximum Gasteiger partial charge on any atom is 0.263 e. The molecule has 1 heterocycles. The van der Waals surface area contributed by atoms with Crippen LogP contribution in [0.25, 0.3) is 0 Å². The second kappa shape index (κ2) is 4.59. The molecular formula is C13H13FN2O3S. The monoisotopic (exact) mass is 296 g/mol. The molecule has 106 valence electrons. The van der Waals surface area contributed by atoms with Gasteiger partial charge in [0.05, 0.1) is 4.90 Å². The fourth-order valence-corrected chi connectivity index (χ4v) is 2.97. The average molecular weight is 296 g/mol. The number of sulfonamides is 1. The average Bonchev–Trinajstić information content (AvgIpc) is 3.14. The minimum absolute atomic E-state index is 0.134. The van der Waals surface area contributed by atoms with Gasteiger partial charge in [0, 0.05) is 5.56 Å². The van der Waals surface area contributed by atoms with Crippen LogP contribution in [-0.4, -0.2) is 13.6 Å². The molecule has 1 aliphatic rings. The van der Waals surface area contributed by atoms with Crippen molar-refractivity contribution in [3.8, 4) is 0 Å². The van der Waals surface area contributed by atoms with E-state index >= 15 is 0 Å². The Labute approximate surface area is 115 Å². The van der Waals surface area contributed by atoms with Gasteiger partial charge in [-0.05, 0) is 43.4 Å². The molecule has 2 aromatic rings. The fourth-order valence-electron chi connectivity index (χ4n) is 1.93. The summed E-state index contributed by atoms with van der Waals surface area (Å²) in [7, 11) is -3.86. The van der Waals surface area contributed by atoms with Crippen LogP contribution in [0, 0.1) is 12.7 Å². The summed E-state index contributed by atoms with van der Waals surface area (Å²) in [6, 6.07) is 3.78. The first-order chi connectivity index (χ1) is 9.47. The number of nitrogens with zero attached hydrogens (tertiary/aromatic N) is 1. The number of anilines is 1. The van der Waals surface area contributed by atoms with Gasteiger partial charge in [0.25, 0.3) is 10.0 Å². The third-order valence-corrected chi connectivity index (χ3v) is 4.64. The van der Waals surface area contributed by atoms with Crippen LogP contribution in [0.5, 0.6) is 0 Å². The molecule has 0 spiro atoms. The van der Waals surface area contributed by atoms with Crippen molar-refractivity contribution >= 4 is 15.8 Å². The quantitative estimate of drug-likeness (QED) is 0.941. The molecule has 0 amide bonds. The molecule has 1 aliphatic carbocycles. The molecule has 1 saturated carbocycles. The zero-order valence-corrected chi connectivity index (χ0v) is 11.6. The summed E-state index contributed by atoms with van der Waals surface area (Å²) < 4.78 is 45.0. The molecule has 5 nitrogen and oxygen atoms in total. The molecule has 0 aliphatic heterocycles. The van der Waals surface area contributed by atoms with E-state index in [2.05, 4.69) is 9.88 Å². The van der Waals surface area contributed by atoms with Gasteiger partial charge in [0.2, 0.25) is 0 Å². The number of aromatic nitrogens is 1. The number of rotatable bonds is 4. The normalized spacial score (nSPS) is 15.3. The van der Waals surface area contributed by atoms with Crippen LogP contribution in [0.1, 0.15) is 29.9 Å². The lowest BCUT2D eigenvalue weighted by atomic mass is 10.2. The molecule has 0 unspecified atom stereocenters. The van der Waals surface area contributed by atoms with Crippen LogP contribution in [0.15, 0.2) is 33.9 Å². The zero-order chi connectivity index (χ0) is 14.3. The minimum atomic E-state index is -3.86. The van der Waals surface area contributed by atoms with Crippen LogP contribution >= 0.6 is 0 Å². The van der Waals surface area contributed by atoms with E-state index < -0.39 is 15.8 Å². The van der Waals surface area contributed by atoms with Gasteiger partial charge in [-0.15, -0.1) is 0 Å². The van der Waals surface area contributed by atoms with Crippen molar-refractivity contribution in [1.82, 2.24) is 5.16 Å². The first-order valence-corrected chi connectivity index (χ1v) is 7.69. The molecule has 1 aromatic heterocycles. The molecule has 7 heteroatoms. The summed E-state index contributed by atoms with van der Waals surface area (Å²) in [5.74, 6) is -0.0716. The van der Waals surface area contributed by atoms with Crippen LogP contribution in [0.4, 0.5) is 10.2 Å². The number of benzene rings is 1. The molecule has 20 heavy (non-hydrogen) atoms. The minimum Gasteiger partial charge on any atom is -0.362 e. The van der Waals surface area contributed by atoms with Crippen LogP contribution in [0.2, 0.25) is 0 Å². The van der Waals surface area contributed by atoms with Gasteiger partial charge in [-0.1, -0.05) is 11.2 Å². The molecule has 3 rings (SSSR count). The number of halogens is 1. The summed E-state index contributed by atoms with van der Waals surface area (Å²) in [6.45, 7) is 1.57. The van der Waals surface area contributed by atoms with Crippen molar-refractivity contribution in [3.63, 3.8) is 0 Å². The Morgan fingerprint density at radius 3 is 2.80 bits per heavy atom. The fraction of sp³-hybridized carbons (Fsp3) is 0.308. The first-order valence-electron chi connectivity index (χ1n) is 6.20. The van der Waals surface area contributed by atoms with Gasteiger partial charge in [-0.2, -0.15) is 0 Å². The van der Waals surface area contributed by atoms with Gasteiger partial charge < -0.3 is 4.52 Å². The molecule has 0 atom stereocenters. The molecule has 1 fully saturated rings. The third kappa shape index (κ3) is 2.40. The Balaban J connectivity index is 1.91. The van der Waals surface area contributed by atoms with Gasteiger partial charge >= 0.3 is 0 Å². The molecule has 0 bridgehead atoms. The highest BCUT2D eigenvalue weighted by Gasteiger charge is 2.30. The lowest BCUT2D eigenvalue weighted by Gasteiger charge is -2.07. The van der Waals surface area contributed by atoms with Gasteiger partial charge in [-0.3, -0.25) is 4.72 Å². The van der Waals surface area contributed by atoms with E-state index in [0.29, 0.717) is 11.5 Å². The largest absolute Gasteiger partial charge is 0.362 e. The predicted molar refractivity (Wildman–Crippen MR) is 70.4 cm³/mol. The SMILES string of the molecule is Cc1ccc(S(=O)(=O)Nc2nocc2C2CC2)cc1F. The van der Waals surface area contributed by atoms with E-state index in [4.69, 9.17) is 4.52 Å². The summed E-state index contributed by atoms with van der Waals surface area (Å²) in [4.78, 5) is -0.134. The second-order valence-corrected chi connectivity index (χ2v) is 6.59. The van der Waals surface area contributed by atoms with Crippen molar-refractivity contribution in [3.05, 3.63) is 41.4 Å². The van der Waals surface area contributed by atoms with E-state index in [9.17, 15) is 12.8 Å². The maximum atomic E-state index is 13.5. The molecule has 0 radical (unpaired) electrons. The Hall–Kier alpha value is -1.89. The summed E-state index contributed by atoms with van der Waals surface area (Å²) in [6.07, 6.45) is 3.44. The number of nitrogens with one attached hydrogen (secondary N) is 1. The zero-order valence-electron chi connectivity index (χ0n) is 10.8. The number of hydrogen-bond donors (Lipinski definition) is 1. The third-order valence-electron chi connectivity index (χ3n) is 3.30. The summed E-state index contributed by atoms with van der Waals surface area (Å²) in [5, 5.41) is 3.67. The van der Waals surface area contributed by atoms with E-state index in [1.807, 2.05) is 0 Å². The van der Waals surface area contributed by atoms with Gasteiger partial charge in [-0.25, -0.2) is 12.8 Å². The maximum absolute atomic E-state index is 13.5. The lowest BCUT2D eigenvalue weighted by molar-refractivity contribution is 0.422. The standard InChI is InChI=1S/C13H13FN2O3S/c1-8-2-5-10(6-12(8)14)20(17,18)16-13-11(7-19-15-13)9-3-4-9/h2,5-7,9H,3-4H2,1H3,(H,15,16). The van der Waals surface area contributed by atoms with Crippen molar-refractivity contribution < 1.29 is 17.3 Å². The van der Waals surface area contributed by atoms with Crippen molar-refractivity contribution in [1.29, 1.82) is 0 Å². The highest BCUT2D eigenvalue weighted by Crippen LogP contribution is 2.43. The summed E-state index contributed by atoms with van der Waals surface area (Å²) >= 11 is 0. The second-order valence-electron chi connectivity index (χ2n) is 4.91. The molecule has 1 aromatic carbocycles. The van der Waals surface area contributed by atoms with Crippen LogP contribution in [-0.2, 0) is 10.0 Å². The van der Waals surface area contributed by atoms with E-state index in [1.54, 1.807) is 6.92 Å². The molecular weight excluding hydrogens is 283 g/mol. The predicted octanol–water partition coefficient (Wildman–Crippen LogP) is 2.80. The van der Waals surface area contributed by atoms with E-state index in [-0.39, 0.29) is 10.7 Å². The molecule has 0 saturated heterocycles. The lowest BCUT2D eigenvalue weighted by Crippen LogP contribution is -2.14. The van der Waals surface area contributed by atoms with E-state index in [0.717, 1.165) is 24.5 Å². The number of hydrogen-bond acceptors (Lipinski definition) is 4. The highest BCUT2D eigenvalue weighted by atomic mass is 32.2. The Kier molecular flexibility index (Phi) is 3.01. The Morgan fingerprint density at radius 1 is 1.40 bits per heavy atom. The van der Waals surface area contributed by atoms with Crippen molar-refractivity contribution in [2.75, 3.05) is 4.72 Å². The Morgan fingerprint density at radius 2 is 2.15 bits per heavy atom. The van der Waals surface area contributed by atoms with Crippen LogP contribution in [0.3, 0.4) is 0 Å².